The van der Waals surface area contributed by atoms with E-state index < -0.39 is 0 Å². The van der Waals surface area contributed by atoms with Gasteiger partial charge in [0.15, 0.2) is 0 Å². The number of hydrogen-bond donors (Lipinski definition) is 0. The van der Waals surface area contributed by atoms with E-state index >= 15 is 0 Å². The number of carbonyl (C=O) groups excluding carboxylic acids is 1. The van der Waals surface area contributed by atoms with Gasteiger partial charge in [-0.1, -0.05) is 41.5 Å². The van der Waals surface area contributed by atoms with E-state index in [2.05, 4.69) is 47.8 Å². The topological polar surface area (TPSA) is 17.1 Å². The van der Waals surface area contributed by atoms with Crippen molar-refractivity contribution < 1.29 is 26.5 Å². The second-order valence-electron chi connectivity index (χ2n) is 4.50. The maximum atomic E-state index is 11.0. The minimum Gasteiger partial charge on any atom is -0.290 e. The molecule has 0 bridgehead atoms. The Hall–Kier alpha value is 0.384. The summed E-state index contributed by atoms with van der Waals surface area (Å²) in [6, 6.07) is 0. The average molecular weight is 217 g/mol. The normalized spacial score (nSPS) is 12.1. The van der Waals surface area contributed by atoms with Crippen LogP contribution < -0.4 is 0 Å². The zero-order chi connectivity index (χ0) is 9.94. The fourth-order valence-electron chi connectivity index (χ4n) is 2.35. The first kappa shape index (κ1) is 15.8. The molecule has 0 unspecified atom stereocenters. The van der Waals surface area contributed by atoms with E-state index in [0.717, 1.165) is 0 Å². The van der Waals surface area contributed by atoms with Crippen LogP contribution >= 0.6 is 0 Å². The van der Waals surface area contributed by atoms with Crippen LogP contribution in [0.5, 0.6) is 0 Å². The predicted molar refractivity (Wildman–Crippen MR) is 52.6 cm³/mol. The third kappa shape index (κ3) is 2.92. The van der Waals surface area contributed by atoms with Gasteiger partial charge in [0, 0.05) is 27.1 Å². The van der Waals surface area contributed by atoms with Crippen LogP contribution in [0.1, 0.15) is 41.5 Å². The van der Waals surface area contributed by atoms with Crippen molar-refractivity contribution in [2.45, 2.75) is 41.5 Å². The molecule has 1 radical (unpaired) electrons. The molecule has 0 aliphatic rings. The van der Waals surface area contributed by atoms with Crippen molar-refractivity contribution in [3.8, 4) is 0 Å². The summed E-state index contributed by atoms with van der Waals surface area (Å²) in [5.41, 5.74) is -0.264. The van der Waals surface area contributed by atoms with Crippen molar-refractivity contribution in [2.24, 2.45) is 23.2 Å². The molecule has 0 aromatic heterocycles. The number of hydrogen-bond acceptors (Lipinski definition) is 1. The van der Waals surface area contributed by atoms with E-state index in [1.165, 1.54) is 0 Å². The molecule has 0 saturated heterocycles. The van der Waals surface area contributed by atoms with Gasteiger partial charge < -0.3 is 0 Å². The Morgan fingerprint density at radius 2 is 1.08 bits per heavy atom. The molecule has 0 amide bonds. The Morgan fingerprint density at radius 1 is 0.846 bits per heavy atom. The Kier molecular flexibility index (Phi) is 7.28. The van der Waals surface area contributed by atoms with Crippen LogP contribution in [0.25, 0.3) is 0 Å². The first-order chi connectivity index (χ1) is 5.39. The maximum Gasteiger partial charge on any atom is 0.205 e. The Labute approximate surface area is 97.6 Å². The molecule has 0 atom stereocenters. The van der Waals surface area contributed by atoms with Gasteiger partial charge in [-0.2, -0.15) is 0 Å². The molecule has 1 nitrogen and oxygen atoms in total. The Bertz CT molecular complexity index is 128. The molecule has 0 rings (SSSR count). The molecular weight excluding hydrogens is 196 g/mol. The van der Waals surface area contributed by atoms with Gasteiger partial charge in [0.1, 0.15) is 0 Å². The maximum absolute atomic E-state index is 11.0. The van der Waals surface area contributed by atoms with Crippen LogP contribution in [0.15, 0.2) is 0 Å². The van der Waals surface area contributed by atoms with Crippen LogP contribution in [0, 0.1) is 23.2 Å². The van der Waals surface area contributed by atoms with Gasteiger partial charge in [-0.15, -0.1) is 0 Å². The summed E-state index contributed by atoms with van der Waals surface area (Å²) in [6.45, 7) is 12.6. The molecule has 0 aromatic carbocycles. The quantitative estimate of drug-likeness (QED) is 0.661. The van der Waals surface area contributed by atoms with Crippen molar-refractivity contribution in [1.29, 1.82) is 0 Å². The van der Waals surface area contributed by atoms with E-state index in [1.807, 2.05) is 0 Å². The summed E-state index contributed by atoms with van der Waals surface area (Å²) in [4.78, 5) is 11.0. The Balaban J connectivity index is 0. The van der Waals surface area contributed by atoms with Crippen molar-refractivity contribution in [2.75, 3.05) is 0 Å². The minimum atomic E-state index is -0.264. The van der Waals surface area contributed by atoms with E-state index in [1.54, 1.807) is 0 Å². The van der Waals surface area contributed by atoms with Gasteiger partial charge in [-0.25, -0.2) is 0 Å². The first-order valence-corrected chi connectivity index (χ1v) is 4.78. The molecule has 75 valence electrons. The average Bonchev–Trinajstić information content (AvgIpc) is 1.86. The van der Waals surface area contributed by atoms with E-state index in [9.17, 15) is 4.79 Å². The molecule has 0 spiro atoms. The molecule has 0 fully saturated rings. The first-order valence-electron chi connectivity index (χ1n) is 4.78. The van der Waals surface area contributed by atoms with Crippen LogP contribution in [-0.2, 0) is 26.5 Å². The Morgan fingerprint density at radius 3 is 1.08 bits per heavy atom. The summed E-state index contributed by atoms with van der Waals surface area (Å²) in [6.07, 6.45) is 2.26. The summed E-state index contributed by atoms with van der Waals surface area (Å²) in [5, 5.41) is 0. The van der Waals surface area contributed by atoms with Gasteiger partial charge in [0.2, 0.25) is 6.29 Å². The van der Waals surface area contributed by atoms with Crippen molar-refractivity contribution >= 4 is 6.29 Å². The molecule has 0 aromatic rings. The summed E-state index contributed by atoms with van der Waals surface area (Å²) < 4.78 is 0. The predicted octanol–water partition coefficient (Wildman–Crippen LogP) is 3.05. The second-order valence-corrected chi connectivity index (χ2v) is 4.50. The fourth-order valence-corrected chi connectivity index (χ4v) is 2.35. The van der Waals surface area contributed by atoms with E-state index in [4.69, 9.17) is 0 Å². The van der Waals surface area contributed by atoms with Crippen LogP contribution in [0.2, 0.25) is 0 Å². The second kappa shape index (κ2) is 5.98. The van der Waals surface area contributed by atoms with Crippen LogP contribution in [0.4, 0.5) is 0 Å². The molecule has 13 heavy (non-hydrogen) atoms. The van der Waals surface area contributed by atoms with Gasteiger partial charge in [0.05, 0.1) is 0 Å². The third-order valence-corrected chi connectivity index (χ3v) is 3.04. The summed E-state index contributed by atoms with van der Waals surface area (Å²) >= 11 is 0. The molecular formula is C11H21OTi. The standard InChI is InChI=1S/C11H21O.Ti/c1-8(2)11(7-12,9(3)4)10(5)6;/h8-10H,1-6H3;. The SMILES string of the molecule is CC(C)C([C]=O)(C(C)C)C(C)C.[Ti]. The fraction of sp³-hybridized carbons (Fsp3) is 0.909. The third-order valence-electron chi connectivity index (χ3n) is 3.04. The van der Waals surface area contributed by atoms with Crippen molar-refractivity contribution in [1.82, 2.24) is 0 Å². The summed E-state index contributed by atoms with van der Waals surface area (Å²) in [5.74, 6) is 1.11. The molecule has 2 heteroatoms. The largest absolute Gasteiger partial charge is 0.290 e. The van der Waals surface area contributed by atoms with Gasteiger partial charge in [0.25, 0.3) is 0 Å². The van der Waals surface area contributed by atoms with Crippen molar-refractivity contribution in [3.63, 3.8) is 0 Å². The minimum absolute atomic E-state index is 0. The van der Waals surface area contributed by atoms with Gasteiger partial charge in [-0.3, -0.25) is 4.79 Å². The van der Waals surface area contributed by atoms with E-state index in [0.29, 0.717) is 17.8 Å². The number of rotatable bonds is 4. The zero-order valence-electron chi connectivity index (χ0n) is 9.64. The van der Waals surface area contributed by atoms with E-state index in [-0.39, 0.29) is 27.1 Å². The molecule has 0 N–H and O–H groups in total. The molecule has 0 saturated carbocycles. The smallest absolute Gasteiger partial charge is 0.205 e. The molecule has 0 heterocycles. The van der Waals surface area contributed by atoms with Gasteiger partial charge >= 0.3 is 0 Å². The van der Waals surface area contributed by atoms with Crippen LogP contribution in [0.3, 0.4) is 0 Å². The van der Waals surface area contributed by atoms with Crippen LogP contribution in [-0.4, -0.2) is 6.29 Å². The summed E-state index contributed by atoms with van der Waals surface area (Å²) in [7, 11) is 0. The monoisotopic (exact) mass is 217 g/mol. The molecule has 0 aliphatic heterocycles. The van der Waals surface area contributed by atoms with Crippen molar-refractivity contribution in [3.05, 3.63) is 0 Å². The van der Waals surface area contributed by atoms with Gasteiger partial charge in [-0.05, 0) is 17.8 Å². The molecule has 0 aliphatic carbocycles. The zero-order valence-corrected chi connectivity index (χ0v) is 11.2.